The second kappa shape index (κ2) is 8.65. The maximum Gasteiger partial charge on any atom is 0.251 e. The normalized spacial score (nSPS) is 17.4. The fourth-order valence-corrected chi connectivity index (χ4v) is 4.15. The third-order valence-electron chi connectivity index (χ3n) is 4.71. The van der Waals surface area contributed by atoms with Gasteiger partial charge in [0.15, 0.2) is 0 Å². The second-order valence-corrected chi connectivity index (χ2v) is 8.57. The summed E-state index contributed by atoms with van der Waals surface area (Å²) in [5.74, 6) is -0.235. The Bertz CT molecular complexity index is 892. The lowest BCUT2D eigenvalue weighted by molar-refractivity contribution is 0.0930. The minimum absolute atomic E-state index is 0.0714. The summed E-state index contributed by atoms with van der Waals surface area (Å²) in [4.78, 5) is 12.7. The van der Waals surface area contributed by atoms with Crippen molar-refractivity contribution < 1.29 is 13.2 Å². The van der Waals surface area contributed by atoms with Crippen LogP contribution in [0.5, 0.6) is 0 Å². The van der Waals surface area contributed by atoms with Gasteiger partial charge < -0.3 is 10.6 Å². The highest BCUT2D eigenvalue weighted by molar-refractivity contribution is 7.89. The first-order valence-electron chi connectivity index (χ1n) is 9.11. The Kier molecular flexibility index (Phi) is 6.26. The molecule has 1 heterocycles. The van der Waals surface area contributed by atoms with Crippen molar-refractivity contribution in [2.24, 2.45) is 0 Å². The number of carbonyl (C=O) groups is 1. The molecule has 1 aliphatic rings. The zero-order valence-corrected chi connectivity index (χ0v) is 16.2. The highest BCUT2D eigenvalue weighted by Gasteiger charge is 2.20. The Balaban J connectivity index is 1.74. The summed E-state index contributed by atoms with van der Waals surface area (Å²) in [5.41, 5.74) is 2.01. The second-order valence-electron chi connectivity index (χ2n) is 6.80. The first-order valence-corrected chi connectivity index (χ1v) is 10.6. The molecule has 0 radical (unpaired) electrons. The summed E-state index contributed by atoms with van der Waals surface area (Å²) in [6.07, 6.45) is 1.94. The van der Waals surface area contributed by atoms with Crippen molar-refractivity contribution in [2.75, 3.05) is 13.1 Å². The van der Waals surface area contributed by atoms with Crippen LogP contribution < -0.4 is 15.4 Å². The maximum atomic E-state index is 12.6. The van der Waals surface area contributed by atoms with E-state index in [1.54, 1.807) is 6.07 Å². The van der Waals surface area contributed by atoms with E-state index in [4.69, 9.17) is 0 Å². The van der Waals surface area contributed by atoms with E-state index in [0.29, 0.717) is 5.56 Å². The quantitative estimate of drug-likeness (QED) is 0.707. The molecule has 7 heteroatoms. The highest BCUT2D eigenvalue weighted by atomic mass is 32.2. The number of piperidine rings is 1. The zero-order chi connectivity index (χ0) is 19.3. The molecular formula is C20H25N3O3S. The average Bonchev–Trinajstić information content (AvgIpc) is 2.68. The Morgan fingerprint density at radius 1 is 1.19 bits per heavy atom. The molecule has 0 bridgehead atoms. The number of sulfonamides is 1. The minimum Gasteiger partial charge on any atom is -0.348 e. The van der Waals surface area contributed by atoms with Crippen molar-refractivity contribution in [1.29, 1.82) is 0 Å². The predicted octanol–water partition coefficient (Wildman–Crippen LogP) is 1.96. The van der Waals surface area contributed by atoms with Gasteiger partial charge in [0.1, 0.15) is 0 Å². The number of carbonyl (C=O) groups excluding carboxylic acids is 1. The Hall–Kier alpha value is -2.22. The van der Waals surface area contributed by atoms with Gasteiger partial charge in [-0.3, -0.25) is 4.79 Å². The average molecular weight is 388 g/mol. The summed E-state index contributed by atoms with van der Waals surface area (Å²) < 4.78 is 27.8. The monoisotopic (exact) mass is 387 g/mol. The van der Waals surface area contributed by atoms with Crippen LogP contribution in [0.15, 0.2) is 53.4 Å². The molecule has 1 aliphatic heterocycles. The first-order chi connectivity index (χ1) is 13.0. The third kappa shape index (κ3) is 5.15. The molecule has 1 fully saturated rings. The van der Waals surface area contributed by atoms with Crippen LogP contribution in [0.25, 0.3) is 0 Å². The van der Waals surface area contributed by atoms with E-state index in [2.05, 4.69) is 15.4 Å². The van der Waals surface area contributed by atoms with Gasteiger partial charge in [0, 0.05) is 24.7 Å². The fourth-order valence-electron chi connectivity index (χ4n) is 3.11. The van der Waals surface area contributed by atoms with Gasteiger partial charge >= 0.3 is 0 Å². The molecule has 144 valence electrons. The lowest BCUT2D eigenvalue weighted by Gasteiger charge is -2.24. The third-order valence-corrected chi connectivity index (χ3v) is 6.10. The minimum atomic E-state index is -3.71. The van der Waals surface area contributed by atoms with Gasteiger partial charge in [-0.2, -0.15) is 0 Å². The largest absolute Gasteiger partial charge is 0.348 e. The standard InChI is InChI=1S/C20H25N3O3S/c1-15-9-10-18(27(25,26)22-13-16-6-3-2-4-7-16)12-19(15)20(24)23-17-8-5-11-21-14-17/h2-4,6-7,9-10,12,17,21-22H,5,8,11,13-14H2,1H3,(H,23,24)/t17-/m0/s1. The van der Waals surface area contributed by atoms with Crippen molar-refractivity contribution in [2.45, 2.75) is 37.2 Å². The van der Waals surface area contributed by atoms with E-state index in [1.807, 2.05) is 37.3 Å². The van der Waals surface area contributed by atoms with Crippen LogP contribution in [0, 0.1) is 6.92 Å². The van der Waals surface area contributed by atoms with Crippen molar-refractivity contribution in [1.82, 2.24) is 15.4 Å². The Labute approximate surface area is 160 Å². The van der Waals surface area contributed by atoms with Crippen LogP contribution in [-0.4, -0.2) is 33.5 Å². The lowest BCUT2D eigenvalue weighted by atomic mass is 10.1. The summed E-state index contributed by atoms with van der Waals surface area (Å²) in [5, 5.41) is 6.25. The van der Waals surface area contributed by atoms with Gasteiger partial charge in [0.05, 0.1) is 4.90 Å². The number of hydrogen-bond acceptors (Lipinski definition) is 4. The van der Waals surface area contributed by atoms with Crippen LogP contribution in [0.4, 0.5) is 0 Å². The molecule has 0 spiro atoms. The molecule has 1 atom stereocenters. The number of amides is 1. The molecule has 27 heavy (non-hydrogen) atoms. The number of benzene rings is 2. The molecule has 0 aromatic heterocycles. The summed E-state index contributed by atoms with van der Waals surface area (Å²) in [6.45, 7) is 3.71. The van der Waals surface area contributed by atoms with E-state index in [9.17, 15) is 13.2 Å². The summed E-state index contributed by atoms with van der Waals surface area (Å²) in [7, 11) is -3.71. The van der Waals surface area contributed by atoms with E-state index in [-0.39, 0.29) is 23.4 Å². The molecule has 1 saturated heterocycles. The Morgan fingerprint density at radius 3 is 2.67 bits per heavy atom. The van der Waals surface area contributed by atoms with Crippen molar-refractivity contribution in [3.63, 3.8) is 0 Å². The summed E-state index contributed by atoms with van der Waals surface area (Å²) in [6, 6.07) is 14.0. The molecule has 2 aromatic rings. The molecular weight excluding hydrogens is 362 g/mol. The molecule has 0 aliphatic carbocycles. The van der Waals surface area contributed by atoms with Gasteiger partial charge in [0.25, 0.3) is 5.91 Å². The molecule has 0 saturated carbocycles. The Morgan fingerprint density at radius 2 is 1.96 bits per heavy atom. The maximum absolute atomic E-state index is 12.6. The number of rotatable bonds is 6. The number of nitrogens with one attached hydrogen (secondary N) is 3. The van der Waals surface area contributed by atoms with Crippen molar-refractivity contribution in [3.8, 4) is 0 Å². The van der Waals surface area contributed by atoms with Gasteiger partial charge in [-0.25, -0.2) is 13.1 Å². The predicted molar refractivity (Wildman–Crippen MR) is 105 cm³/mol. The van der Waals surface area contributed by atoms with Gasteiger partial charge in [0.2, 0.25) is 10.0 Å². The van der Waals surface area contributed by atoms with Crippen LogP contribution >= 0.6 is 0 Å². The van der Waals surface area contributed by atoms with Crippen LogP contribution in [0.2, 0.25) is 0 Å². The van der Waals surface area contributed by atoms with Gasteiger partial charge in [-0.05, 0) is 49.6 Å². The molecule has 1 amide bonds. The van der Waals surface area contributed by atoms with Crippen molar-refractivity contribution in [3.05, 3.63) is 65.2 Å². The van der Waals surface area contributed by atoms with Crippen LogP contribution in [0.1, 0.15) is 34.3 Å². The van der Waals surface area contributed by atoms with Gasteiger partial charge in [-0.1, -0.05) is 36.4 Å². The molecule has 2 aromatic carbocycles. The van der Waals surface area contributed by atoms with E-state index in [1.165, 1.54) is 12.1 Å². The lowest BCUT2D eigenvalue weighted by Crippen LogP contribution is -2.45. The topological polar surface area (TPSA) is 87.3 Å². The van der Waals surface area contributed by atoms with Crippen LogP contribution in [0.3, 0.4) is 0 Å². The molecule has 0 unspecified atom stereocenters. The SMILES string of the molecule is Cc1ccc(S(=O)(=O)NCc2ccccc2)cc1C(=O)N[C@H]1CCCNC1. The number of hydrogen-bond donors (Lipinski definition) is 3. The smallest absolute Gasteiger partial charge is 0.251 e. The van der Waals surface area contributed by atoms with E-state index >= 15 is 0 Å². The number of aryl methyl sites for hydroxylation is 1. The van der Waals surface area contributed by atoms with E-state index in [0.717, 1.165) is 37.1 Å². The fraction of sp³-hybridized carbons (Fsp3) is 0.350. The molecule has 6 nitrogen and oxygen atoms in total. The highest BCUT2D eigenvalue weighted by Crippen LogP contribution is 2.17. The van der Waals surface area contributed by atoms with Gasteiger partial charge in [-0.15, -0.1) is 0 Å². The molecule has 3 rings (SSSR count). The molecule has 3 N–H and O–H groups in total. The van der Waals surface area contributed by atoms with Crippen molar-refractivity contribution >= 4 is 15.9 Å². The summed E-state index contributed by atoms with van der Waals surface area (Å²) >= 11 is 0. The first kappa shape index (κ1) is 19.5. The van der Waals surface area contributed by atoms with E-state index < -0.39 is 10.0 Å². The van der Waals surface area contributed by atoms with Crippen LogP contribution in [-0.2, 0) is 16.6 Å². The zero-order valence-electron chi connectivity index (χ0n) is 15.4.